The fourth-order valence-corrected chi connectivity index (χ4v) is 3.77. The van der Waals surface area contributed by atoms with E-state index in [1.54, 1.807) is 0 Å². The van der Waals surface area contributed by atoms with Gasteiger partial charge in [-0.2, -0.15) is 4.31 Å². The second kappa shape index (κ2) is 6.07. The van der Waals surface area contributed by atoms with E-state index in [0.717, 1.165) is 12.1 Å². The Morgan fingerprint density at radius 1 is 1.24 bits per heavy atom. The van der Waals surface area contributed by atoms with Gasteiger partial charge in [-0.15, -0.1) is 0 Å². The summed E-state index contributed by atoms with van der Waals surface area (Å²) in [5, 5.41) is 0. The molecule has 0 saturated carbocycles. The maximum absolute atomic E-state index is 13.2. The lowest BCUT2D eigenvalue weighted by molar-refractivity contribution is -0.146. The van der Waals surface area contributed by atoms with Crippen molar-refractivity contribution in [1.29, 1.82) is 0 Å². The number of benzene rings is 1. The van der Waals surface area contributed by atoms with Crippen LogP contribution in [0.5, 0.6) is 0 Å². The van der Waals surface area contributed by atoms with Crippen molar-refractivity contribution >= 4 is 16.0 Å². The first-order valence-electron chi connectivity index (χ1n) is 6.39. The van der Waals surface area contributed by atoms with Crippen molar-refractivity contribution < 1.29 is 26.7 Å². The highest BCUT2D eigenvalue weighted by Crippen LogP contribution is 2.25. The molecule has 1 saturated heterocycles. The molecule has 1 fully saturated rings. The fraction of sp³-hybridized carbons (Fsp3) is 0.462. The van der Waals surface area contributed by atoms with Crippen molar-refractivity contribution in [3.8, 4) is 0 Å². The second-order valence-corrected chi connectivity index (χ2v) is 6.72. The molecule has 0 bridgehead atoms. The zero-order chi connectivity index (χ0) is 15.6. The minimum Gasteiger partial charge on any atom is -0.469 e. The number of esters is 1. The molecular weight excluding hydrogens is 304 g/mol. The topological polar surface area (TPSA) is 63.7 Å². The van der Waals surface area contributed by atoms with Crippen molar-refractivity contribution in [2.75, 3.05) is 20.2 Å². The number of carbonyl (C=O) groups is 1. The van der Waals surface area contributed by atoms with Gasteiger partial charge in [0.05, 0.1) is 17.9 Å². The molecule has 0 amide bonds. The van der Waals surface area contributed by atoms with Crippen molar-refractivity contribution in [2.24, 2.45) is 5.92 Å². The number of methoxy groups -OCH3 is 1. The molecule has 116 valence electrons. The van der Waals surface area contributed by atoms with E-state index < -0.39 is 21.7 Å². The summed E-state index contributed by atoms with van der Waals surface area (Å²) in [6.45, 7) is 0.280. The number of hydrogen-bond donors (Lipinski definition) is 0. The summed E-state index contributed by atoms with van der Waals surface area (Å²) in [4.78, 5) is 11.1. The van der Waals surface area contributed by atoms with Crippen molar-refractivity contribution in [1.82, 2.24) is 4.31 Å². The Morgan fingerprint density at radius 2 is 1.86 bits per heavy atom. The molecule has 8 heteroatoms. The van der Waals surface area contributed by atoms with E-state index in [9.17, 15) is 22.0 Å². The van der Waals surface area contributed by atoms with Gasteiger partial charge in [0, 0.05) is 13.1 Å². The Kier molecular flexibility index (Phi) is 4.58. The van der Waals surface area contributed by atoms with Crippen LogP contribution >= 0.6 is 0 Å². The summed E-state index contributed by atoms with van der Waals surface area (Å²) < 4.78 is 56.5. The third-order valence-corrected chi connectivity index (χ3v) is 5.41. The highest BCUT2D eigenvalue weighted by molar-refractivity contribution is 7.89. The van der Waals surface area contributed by atoms with Crippen LogP contribution in [-0.2, 0) is 19.6 Å². The van der Waals surface area contributed by atoms with E-state index in [1.165, 1.54) is 11.4 Å². The molecule has 0 radical (unpaired) electrons. The maximum Gasteiger partial charge on any atom is 0.308 e. The standard InChI is InChI=1S/C13H15F2NO4S/c1-20-13(17)9-4-6-16(7-5-9)21(18,19)10-2-3-11(14)12(15)8-10/h2-3,8-9H,4-7H2,1H3. The average molecular weight is 319 g/mol. The fourth-order valence-electron chi connectivity index (χ4n) is 2.28. The molecule has 0 spiro atoms. The average Bonchev–Trinajstić information content (AvgIpc) is 2.49. The van der Waals surface area contributed by atoms with Gasteiger partial charge < -0.3 is 4.74 Å². The van der Waals surface area contributed by atoms with Gasteiger partial charge in [0.25, 0.3) is 0 Å². The van der Waals surface area contributed by atoms with E-state index in [2.05, 4.69) is 4.74 Å². The molecule has 0 aliphatic carbocycles. The smallest absolute Gasteiger partial charge is 0.308 e. The minimum absolute atomic E-state index is 0.140. The first-order chi connectivity index (χ1) is 9.86. The third kappa shape index (κ3) is 3.21. The van der Waals surface area contributed by atoms with Gasteiger partial charge in [-0.05, 0) is 31.0 Å². The first-order valence-corrected chi connectivity index (χ1v) is 7.83. The molecule has 0 unspecified atom stereocenters. The molecule has 5 nitrogen and oxygen atoms in total. The summed E-state index contributed by atoms with van der Waals surface area (Å²) >= 11 is 0. The van der Waals surface area contributed by atoms with Gasteiger partial charge in [-0.3, -0.25) is 4.79 Å². The summed E-state index contributed by atoms with van der Waals surface area (Å²) in [5.41, 5.74) is 0. The number of nitrogens with zero attached hydrogens (tertiary/aromatic N) is 1. The molecule has 1 aromatic carbocycles. The Hall–Kier alpha value is -1.54. The molecule has 0 aromatic heterocycles. The zero-order valence-corrected chi connectivity index (χ0v) is 12.2. The Balaban J connectivity index is 2.14. The van der Waals surface area contributed by atoms with Gasteiger partial charge in [-0.25, -0.2) is 17.2 Å². The molecule has 1 aliphatic heterocycles. The van der Waals surface area contributed by atoms with Crippen LogP contribution in [-0.4, -0.2) is 38.9 Å². The zero-order valence-electron chi connectivity index (χ0n) is 11.4. The summed E-state index contributed by atoms with van der Waals surface area (Å²) in [5.74, 6) is -3.00. The van der Waals surface area contributed by atoms with Gasteiger partial charge in [0.15, 0.2) is 11.6 Å². The quantitative estimate of drug-likeness (QED) is 0.793. The molecular formula is C13H15F2NO4S. The number of halogens is 2. The number of piperidine rings is 1. The van der Waals surface area contributed by atoms with Gasteiger partial charge in [0.1, 0.15) is 0 Å². The largest absolute Gasteiger partial charge is 0.469 e. The lowest BCUT2D eigenvalue weighted by Crippen LogP contribution is -2.40. The van der Waals surface area contributed by atoms with Crippen LogP contribution in [0, 0.1) is 17.6 Å². The summed E-state index contributed by atoms with van der Waals surface area (Å²) in [7, 11) is -2.60. The van der Waals surface area contributed by atoms with Crippen LogP contribution in [0.1, 0.15) is 12.8 Å². The SMILES string of the molecule is COC(=O)C1CCN(S(=O)(=O)c2ccc(F)c(F)c2)CC1. The van der Waals surface area contributed by atoms with Gasteiger partial charge >= 0.3 is 5.97 Å². The van der Waals surface area contributed by atoms with Gasteiger partial charge in [-0.1, -0.05) is 0 Å². The second-order valence-electron chi connectivity index (χ2n) is 4.78. The van der Waals surface area contributed by atoms with Crippen LogP contribution < -0.4 is 0 Å². The van der Waals surface area contributed by atoms with Crippen LogP contribution in [0.15, 0.2) is 23.1 Å². The summed E-state index contributed by atoms with van der Waals surface area (Å²) in [6, 6.07) is 2.47. The van der Waals surface area contributed by atoms with E-state index in [0.29, 0.717) is 18.9 Å². The maximum atomic E-state index is 13.2. The van der Waals surface area contributed by atoms with Crippen LogP contribution in [0.4, 0.5) is 8.78 Å². The Bertz CT molecular complexity index is 640. The normalized spacial score (nSPS) is 17.7. The molecule has 1 aromatic rings. The van der Waals surface area contributed by atoms with Crippen LogP contribution in [0.25, 0.3) is 0 Å². The molecule has 0 atom stereocenters. The molecule has 2 rings (SSSR count). The summed E-state index contributed by atoms with van der Waals surface area (Å²) in [6.07, 6.45) is 0.686. The lowest BCUT2D eigenvalue weighted by Gasteiger charge is -2.29. The van der Waals surface area contributed by atoms with E-state index in [4.69, 9.17) is 0 Å². The number of hydrogen-bond acceptors (Lipinski definition) is 4. The number of ether oxygens (including phenoxy) is 1. The van der Waals surface area contributed by atoms with E-state index >= 15 is 0 Å². The minimum atomic E-state index is -3.88. The highest BCUT2D eigenvalue weighted by Gasteiger charge is 2.32. The number of carbonyl (C=O) groups excluding carboxylic acids is 1. The van der Waals surface area contributed by atoms with E-state index in [-0.39, 0.29) is 29.9 Å². The lowest BCUT2D eigenvalue weighted by atomic mass is 9.99. The number of sulfonamides is 1. The molecule has 21 heavy (non-hydrogen) atoms. The first kappa shape index (κ1) is 15.8. The highest BCUT2D eigenvalue weighted by atomic mass is 32.2. The predicted octanol–water partition coefficient (Wildman–Crippen LogP) is 1.54. The molecule has 0 N–H and O–H groups in total. The number of rotatable bonds is 3. The predicted molar refractivity (Wildman–Crippen MR) is 69.9 cm³/mol. The Labute approximate surface area is 121 Å². The monoisotopic (exact) mass is 319 g/mol. The van der Waals surface area contributed by atoms with Gasteiger partial charge in [0.2, 0.25) is 10.0 Å². The van der Waals surface area contributed by atoms with E-state index in [1.807, 2.05) is 0 Å². The molecule has 1 aliphatic rings. The van der Waals surface area contributed by atoms with Crippen LogP contribution in [0.3, 0.4) is 0 Å². The Morgan fingerprint density at radius 3 is 2.38 bits per heavy atom. The van der Waals surface area contributed by atoms with Crippen molar-refractivity contribution in [3.63, 3.8) is 0 Å². The van der Waals surface area contributed by atoms with Crippen LogP contribution in [0.2, 0.25) is 0 Å². The van der Waals surface area contributed by atoms with Crippen molar-refractivity contribution in [3.05, 3.63) is 29.8 Å². The van der Waals surface area contributed by atoms with Crippen molar-refractivity contribution in [2.45, 2.75) is 17.7 Å². The molecule has 1 heterocycles. The third-order valence-electron chi connectivity index (χ3n) is 3.52.